The molecule has 0 radical (unpaired) electrons. The Morgan fingerprint density at radius 1 is 1.06 bits per heavy atom. The van der Waals surface area contributed by atoms with Crippen molar-refractivity contribution in [1.82, 2.24) is 9.91 Å². The lowest BCUT2D eigenvalue weighted by Crippen LogP contribution is -2.39. The summed E-state index contributed by atoms with van der Waals surface area (Å²) in [5, 5.41) is 16.9. The lowest BCUT2D eigenvalue weighted by molar-refractivity contribution is -0.385. The second-order valence-corrected chi connectivity index (χ2v) is 8.04. The van der Waals surface area contributed by atoms with Gasteiger partial charge in [-0.25, -0.2) is 13.8 Å². The Bertz CT molecular complexity index is 1330. The highest BCUT2D eigenvalue weighted by molar-refractivity contribution is 6.03. The van der Waals surface area contributed by atoms with E-state index in [0.717, 1.165) is 11.0 Å². The minimum atomic E-state index is -0.667. The molecule has 35 heavy (non-hydrogen) atoms. The van der Waals surface area contributed by atoms with Gasteiger partial charge < -0.3 is 4.90 Å². The molecular weight excluding hydrogens is 458 g/mol. The van der Waals surface area contributed by atoms with Crippen molar-refractivity contribution >= 4 is 23.2 Å². The highest BCUT2D eigenvalue weighted by Gasteiger charge is 2.34. The molecule has 4 rings (SSSR count). The Hall–Kier alpha value is -4.47. The van der Waals surface area contributed by atoms with Crippen LogP contribution in [0.15, 0.2) is 77.9 Å². The largest absolute Gasteiger partial charge is 0.332 e. The molecule has 8 nitrogen and oxygen atoms in total. The van der Waals surface area contributed by atoms with Crippen LogP contribution >= 0.6 is 0 Å². The number of nitro groups is 1. The van der Waals surface area contributed by atoms with E-state index in [0.29, 0.717) is 16.8 Å². The van der Waals surface area contributed by atoms with Gasteiger partial charge in [0.25, 0.3) is 17.5 Å². The normalized spacial score (nSPS) is 15.0. The summed E-state index contributed by atoms with van der Waals surface area (Å²) in [5.41, 5.74) is 1.54. The van der Waals surface area contributed by atoms with Crippen LogP contribution in [0.2, 0.25) is 0 Å². The summed E-state index contributed by atoms with van der Waals surface area (Å²) in [4.78, 5) is 37.8. The first-order valence-corrected chi connectivity index (χ1v) is 10.6. The summed E-state index contributed by atoms with van der Waals surface area (Å²) in [5.74, 6) is -2.08. The van der Waals surface area contributed by atoms with Crippen molar-refractivity contribution in [3.05, 3.63) is 111 Å². The van der Waals surface area contributed by atoms with Gasteiger partial charge in [-0.2, -0.15) is 5.10 Å². The summed E-state index contributed by atoms with van der Waals surface area (Å²) in [6.07, 6.45) is 0.236. The summed E-state index contributed by atoms with van der Waals surface area (Å²) < 4.78 is 26.9. The van der Waals surface area contributed by atoms with Gasteiger partial charge in [0.1, 0.15) is 18.2 Å². The molecule has 0 aliphatic carbocycles. The first-order chi connectivity index (χ1) is 16.7. The van der Waals surface area contributed by atoms with Gasteiger partial charge in [-0.05, 0) is 41.5 Å². The van der Waals surface area contributed by atoms with Crippen molar-refractivity contribution in [3.63, 3.8) is 0 Å². The number of amides is 2. The molecule has 3 aromatic rings. The molecule has 10 heteroatoms. The molecule has 1 aliphatic heterocycles. The highest BCUT2D eigenvalue weighted by Crippen LogP contribution is 2.34. The Morgan fingerprint density at radius 2 is 1.77 bits per heavy atom. The Morgan fingerprint density at radius 3 is 2.46 bits per heavy atom. The molecule has 0 saturated carbocycles. The minimum absolute atomic E-state index is 0.0902. The van der Waals surface area contributed by atoms with Crippen LogP contribution in [0.25, 0.3) is 0 Å². The molecule has 3 aromatic carbocycles. The van der Waals surface area contributed by atoms with E-state index < -0.39 is 34.4 Å². The molecule has 2 amide bonds. The van der Waals surface area contributed by atoms with Gasteiger partial charge in [-0.1, -0.05) is 30.3 Å². The molecule has 0 spiro atoms. The summed E-state index contributed by atoms with van der Waals surface area (Å²) in [6, 6.07) is 16.0. The van der Waals surface area contributed by atoms with Crippen LogP contribution in [0.5, 0.6) is 0 Å². The molecule has 0 bridgehead atoms. The topological polar surface area (TPSA) is 96.1 Å². The fourth-order valence-corrected chi connectivity index (χ4v) is 3.85. The number of carbonyl (C=O) groups is 2. The van der Waals surface area contributed by atoms with Crippen LogP contribution in [0.1, 0.15) is 33.9 Å². The number of rotatable bonds is 6. The Kier molecular flexibility index (Phi) is 6.63. The second-order valence-electron chi connectivity index (χ2n) is 8.04. The third kappa shape index (κ3) is 5.21. The second kappa shape index (κ2) is 9.80. The van der Waals surface area contributed by atoms with E-state index in [1.54, 1.807) is 6.07 Å². The van der Waals surface area contributed by atoms with Crippen molar-refractivity contribution in [2.24, 2.45) is 5.10 Å². The predicted molar refractivity (Wildman–Crippen MR) is 124 cm³/mol. The Balaban J connectivity index is 1.62. The monoisotopic (exact) mass is 478 g/mol. The first kappa shape index (κ1) is 23.7. The van der Waals surface area contributed by atoms with Gasteiger partial charge in [0.05, 0.1) is 16.7 Å². The Labute approximate surface area is 199 Å². The fraction of sp³-hybridized carbons (Fsp3) is 0.160. The minimum Gasteiger partial charge on any atom is -0.332 e. The smallest absolute Gasteiger partial charge is 0.269 e. The predicted octanol–water partition coefficient (Wildman–Crippen LogP) is 4.32. The molecule has 0 N–H and O–H groups in total. The number of hydrazone groups is 1. The van der Waals surface area contributed by atoms with E-state index in [1.165, 1.54) is 72.7 Å². The summed E-state index contributed by atoms with van der Waals surface area (Å²) in [7, 11) is 1.41. The van der Waals surface area contributed by atoms with Crippen LogP contribution in [0.4, 0.5) is 14.5 Å². The van der Waals surface area contributed by atoms with E-state index in [-0.39, 0.29) is 24.2 Å². The molecule has 0 aromatic heterocycles. The summed E-state index contributed by atoms with van der Waals surface area (Å²) in [6.45, 7) is -0.360. The molecule has 1 atom stereocenters. The number of hydrogen-bond donors (Lipinski definition) is 0. The van der Waals surface area contributed by atoms with Crippen LogP contribution in [-0.2, 0) is 4.79 Å². The molecular formula is C25H20F2N4O4. The van der Waals surface area contributed by atoms with Gasteiger partial charge >= 0.3 is 0 Å². The average Bonchev–Trinajstić information content (AvgIpc) is 3.30. The third-order valence-corrected chi connectivity index (χ3v) is 5.60. The number of likely N-dealkylation sites (N-methyl/N-ethyl adjacent to an activating group) is 1. The average molecular weight is 478 g/mol. The quantitative estimate of drug-likeness (QED) is 0.389. The van der Waals surface area contributed by atoms with Crippen molar-refractivity contribution in [1.29, 1.82) is 0 Å². The SMILES string of the molecule is CN(CC(=O)N1N=C(c2ccc(F)cc2)C[C@H]1c1cccc([N+](=O)[O-])c1)C(=O)c1cccc(F)c1. The van der Waals surface area contributed by atoms with E-state index >= 15 is 0 Å². The zero-order chi connectivity index (χ0) is 25.1. The number of hydrogen-bond acceptors (Lipinski definition) is 5. The van der Waals surface area contributed by atoms with Gasteiger partial charge in [-0.3, -0.25) is 19.7 Å². The van der Waals surface area contributed by atoms with Gasteiger partial charge in [-0.15, -0.1) is 0 Å². The maximum atomic E-state index is 13.5. The maximum Gasteiger partial charge on any atom is 0.269 e. The number of carbonyl (C=O) groups excluding carboxylic acids is 2. The number of non-ortho nitro benzene ring substituents is 1. The fourth-order valence-electron chi connectivity index (χ4n) is 3.85. The molecule has 0 saturated heterocycles. The van der Waals surface area contributed by atoms with Gasteiger partial charge in [0, 0.05) is 31.2 Å². The van der Waals surface area contributed by atoms with Gasteiger partial charge in [0.2, 0.25) is 0 Å². The number of nitro benzene ring substituents is 1. The number of nitrogens with zero attached hydrogens (tertiary/aromatic N) is 4. The van der Waals surface area contributed by atoms with Crippen LogP contribution in [0, 0.1) is 21.7 Å². The molecule has 1 heterocycles. The number of halogens is 2. The molecule has 0 fully saturated rings. The highest BCUT2D eigenvalue weighted by atomic mass is 19.1. The molecule has 0 unspecified atom stereocenters. The zero-order valence-corrected chi connectivity index (χ0v) is 18.6. The van der Waals surface area contributed by atoms with Crippen LogP contribution in [-0.4, -0.2) is 46.0 Å². The summed E-state index contributed by atoms with van der Waals surface area (Å²) >= 11 is 0. The van der Waals surface area contributed by atoms with Crippen molar-refractivity contribution in [3.8, 4) is 0 Å². The zero-order valence-electron chi connectivity index (χ0n) is 18.6. The van der Waals surface area contributed by atoms with E-state index in [1.807, 2.05) is 0 Å². The van der Waals surface area contributed by atoms with E-state index in [2.05, 4.69) is 5.10 Å². The first-order valence-electron chi connectivity index (χ1n) is 10.6. The van der Waals surface area contributed by atoms with Crippen molar-refractivity contribution in [2.45, 2.75) is 12.5 Å². The molecule has 1 aliphatic rings. The number of benzene rings is 3. The lowest BCUT2D eigenvalue weighted by Gasteiger charge is -2.25. The van der Waals surface area contributed by atoms with Crippen LogP contribution in [0.3, 0.4) is 0 Å². The lowest BCUT2D eigenvalue weighted by atomic mass is 9.98. The van der Waals surface area contributed by atoms with Crippen molar-refractivity contribution in [2.75, 3.05) is 13.6 Å². The maximum absolute atomic E-state index is 13.5. The standard InChI is InChI=1S/C25H20F2N4O4/c1-29(25(33)18-5-2-6-20(27)12-18)15-24(32)30-23(17-4-3-7-21(13-17)31(34)35)14-22(28-30)16-8-10-19(26)11-9-16/h2-13,23H,14-15H2,1H3/t23-/m0/s1. The third-order valence-electron chi connectivity index (χ3n) is 5.60. The molecule has 178 valence electrons. The van der Waals surface area contributed by atoms with Crippen LogP contribution < -0.4 is 0 Å². The van der Waals surface area contributed by atoms with Crippen molar-refractivity contribution < 1.29 is 23.3 Å². The van der Waals surface area contributed by atoms with E-state index in [4.69, 9.17) is 0 Å². The van der Waals surface area contributed by atoms with E-state index in [9.17, 15) is 28.5 Å². The van der Waals surface area contributed by atoms with Gasteiger partial charge in [0.15, 0.2) is 0 Å².